The molecule has 2 nitrogen and oxygen atoms in total. The number of hydrogen-bond acceptors (Lipinski definition) is 2. The van der Waals surface area contributed by atoms with E-state index in [-0.39, 0.29) is 24.3 Å². The molecule has 0 saturated heterocycles. The van der Waals surface area contributed by atoms with Crippen molar-refractivity contribution in [3.05, 3.63) is 35.4 Å². The Hall–Kier alpha value is -1.29. The SMILES string of the molecule is NCC(=O)Cc1ccc(F)cc1F. The third kappa shape index (κ3) is 2.59. The van der Waals surface area contributed by atoms with E-state index in [2.05, 4.69) is 0 Å². The van der Waals surface area contributed by atoms with Crippen molar-refractivity contribution in [3.63, 3.8) is 0 Å². The highest BCUT2D eigenvalue weighted by Crippen LogP contribution is 2.09. The molecule has 0 atom stereocenters. The summed E-state index contributed by atoms with van der Waals surface area (Å²) >= 11 is 0. The van der Waals surface area contributed by atoms with Crippen molar-refractivity contribution in [1.29, 1.82) is 0 Å². The van der Waals surface area contributed by atoms with Crippen LogP contribution in [0.15, 0.2) is 18.2 Å². The van der Waals surface area contributed by atoms with Gasteiger partial charge in [-0.05, 0) is 11.6 Å². The Morgan fingerprint density at radius 1 is 1.38 bits per heavy atom. The van der Waals surface area contributed by atoms with E-state index in [4.69, 9.17) is 5.73 Å². The summed E-state index contributed by atoms with van der Waals surface area (Å²) in [4.78, 5) is 10.8. The lowest BCUT2D eigenvalue weighted by molar-refractivity contribution is -0.117. The van der Waals surface area contributed by atoms with Gasteiger partial charge in [-0.25, -0.2) is 8.78 Å². The third-order valence-corrected chi connectivity index (χ3v) is 1.63. The molecule has 4 heteroatoms. The van der Waals surface area contributed by atoms with Gasteiger partial charge in [0.2, 0.25) is 0 Å². The number of hydrogen-bond donors (Lipinski definition) is 1. The first-order valence-corrected chi connectivity index (χ1v) is 3.79. The average molecular weight is 185 g/mol. The number of halogens is 2. The highest BCUT2D eigenvalue weighted by atomic mass is 19.1. The average Bonchev–Trinajstić information content (AvgIpc) is 2.09. The van der Waals surface area contributed by atoms with Gasteiger partial charge >= 0.3 is 0 Å². The van der Waals surface area contributed by atoms with E-state index in [1.54, 1.807) is 0 Å². The minimum absolute atomic E-state index is 0.0807. The van der Waals surface area contributed by atoms with Gasteiger partial charge in [0.15, 0.2) is 5.78 Å². The predicted molar refractivity (Wildman–Crippen MR) is 44.1 cm³/mol. The smallest absolute Gasteiger partial charge is 0.150 e. The summed E-state index contributed by atoms with van der Waals surface area (Å²) in [7, 11) is 0. The zero-order chi connectivity index (χ0) is 9.84. The summed E-state index contributed by atoms with van der Waals surface area (Å²) < 4.78 is 25.3. The van der Waals surface area contributed by atoms with Crippen molar-refractivity contribution in [1.82, 2.24) is 0 Å². The number of Topliss-reactive ketones (excluding diaryl/α,β-unsaturated/α-hetero) is 1. The van der Waals surface area contributed by atoms with Crippen LogP contribution in [0.1, 0.15) is 5.56 Å². The van der Waals surface area contributed by atoms with Gasteiger partial charge in [-0.3, -0.25) is 4.79 Å². The second-order valence-corrected chi connectivity index (χ2v) is 2.66. The molecule has 0 radical (unpaired) electrons. The van der Waals surface area contributed by atoms with Gasteiger partial charge in [0.25, 0.3) is 0 Å². The molecule has 0 unspecified atom stereocenters. The lowest BCUT2D eigenvalue weighted by Gasteiger charge is -2.00. The van der Waals surface area contributed by atoms with Crippen LogP contribution in [0.5, 0.6) is 0 Å². The summed E-state index contributed by atoms with van der Waals surface area (Å²) in [6.07, 6.45) is -0.0807. The molecule has 70 valence electrons. The molecule has 0 spiro atoms. The maximum absolute atomic E-state index is 12.9. The molecule has 0 aromatic heterocycles. The van der Waals surface area contributed by atoms with Crippen LogP contribution in [0.25, 0.3) is 0 Å². The van der Waals surface area contributed by atoms with Gasteiger partial charge in [0.1, 0.15) is 11.6 Å². The lowest BCUT2D eigenvalue weighted by atomic mass is 10.1. The molecule has 13 heavy (non-hydrogen) atoms. The fraction of sp³-hybridized carbons (Fsp3) is 0.222. The predicted octanol–water partition coefficient (Wildman–Crippen LogP) is 1.04. The van der Waals surface area contributed by atoms with Crippen molar-refractivity contribution >= 4 is 5.78 Å². The summed E-state index contributed by atoms with van der Waals surface area (Å²) in [5.74, 6) is -1.63. The zero-order valence-electron chi connectivity index (χ0n) is 6.89. The van der Waals surface area contributed by atoms with E-state index in [1.807, 2.05) is 0 Å². The van der Waals surface area contributed by atoms with Crippen molar-refractivity contribution in [2.24, 2.45) is 5.73 Å². The molecule has 0 heterocycles. The van der Waals surface area contributed by atoms with Crippen LogP contribution in [0.2, 0.25) is 0 Å². The van der Waals surface area contributed by atoms with E-state index < -0.39 is 11.6 Å². The molecule has 0 aliphatic heterocycles. The van der Waals surface area contributed by atoms with Crippen molar-refractivity contribution in [2.45, 2.75) is 6.42 Å². The minimum Gasteiger partial charge on any atom is -0.324 e. The molecule has 0 amide bonds. The molecule has 0 aliphatic rings. The fourth-order valence-electron chi connectivity index (χ4n) is 0.950. The number of benzene rings is 1. The van der Waals surface area contributed by atoms with E-state index in [0.717, 1.165) is 12.1 Å². The first-order valence-electron chi connectivity index (χ1n) is 3.79. The Kier molecular flexibility index (Phi) is 3.08. The monoisotopic (exact) mass is 185 g/mol. The maximum atomic E-state index is 12.9. The molecule has 0 saturated carbocycles. The van der Waals surface area contributed by atoms with Gasteiger partial charge in [-0.2, -0.15) is 0 Å². The highest BCUT2D eigenvalue weighted by Gasteiger charge is 2.07. The lowest BCUT2D eigenvalue weighted by Crippen LogP contribution is -2.16. The molecule has 0 fully saturated rings. The van der Waals surface area contributed by atoms with E-state index >= 15 is 0 Å². The van der Waals surface area contributed by atoms with Crippen molar-refractivity contribution in [2.75, 3.05) is 6.54 Å². The van der Waals surface area contributed by atoms with Gasteiger partial charge in [0.05, 0.1) is 6.54 Å². The largest absolute Gasteiger partial charge is 0.324 e. The van der Waals surface area contributed by atoms with E-state index in [0.29, 0.717) is 0 Å². The Morgan fingerprint density at radius 3 is 2.62 bits per heavy atom. The molecule has 0 aliphatic carbocycles. The maximum Gasteiger partial charge on any atom is 0.150 e. The number of rotatable bonds is 3. The van der Waals surface area contributed by atoms with E-state index in [9.17, 15) is 13.6 Å². The van der Waals surface area contributed by atoms with Gasteiger partial charge in [-0.1, -0.05) is 6.07 Å². The third-order valence-electron chi connectivity index (χ3n) is 1.63. The fourth-order valence-corrected chi connectivity index (χ4v) is 0.950. The van der Waals surface area contributed by atoms with Crippen LogP contribution in [0, 0.1) is 11.6 Å². The van der Waals surface area contributed by atoms with Gasteiger partial charge in [-0.15, -0.1) is 0 Å². The number of carbonyl (C=O) groups is 1. The van der Waals surface area contributed by atoms with Crippen molar-refractivity contribution in [3.8, 4) is 0 Å². The topological polar surface area (TPSA) is 43.1 Å². The summed E-state index contributed by atoms with van der Waals surface area (Å²) in [6.45, 7) is -0.128. The Balaban J connectivity index is 2.83. The van der Waals surface area contributed by atoms with Crippen LogP contribution < -0.4 is 5.73 Å². The Labute approximate surface area is 74.4 Å². The Morgan fingerprint density at radius 2 is 2.08 bits per heavy atom. The van der Waals surface area contributed by atoms with Crippen LogP contribution >= 0.6 is 0 Å². The minimum atomic E-state index is -0.707. The first kappa shape index (κ1) is 9.80. The first-order chi connectivity index (χ1) is 6.13. The summed E-state index contributed by atoms with van der Waals surface area (Å²) in [6, 6.07) is 3.11. The Bertz CT molecular complexity index is 325. The standard InChI is InChI=1S/C9H9F2NO/c10-7-2-1-6(9(11)4-7)3-8(13)5-12/h1-2,4H,3,5,12H2. The number of nitrogens with two attached hydrogens (primary N) is 1. The summed E-state index contributed by atoms with van der Waals surface area (Å²) in [5, 5.41) is 0. The molecular weight excluding hydrogens is 176 g/mol. The van der Waals surface area contributed by atoms with Crippen LogP contribution in [-0.4, -0.2) is 12.3 Å². The zero-order valence-corrected chi connectivity index (χ0v) is 6.89. The van der Waals surface area contributed by atoms with Gasteiger partial charge < -0.3 is 5.73 Å². The van der Waals surface area contributed by atoms with Crippen molar-refractivity contribution < 1.29 is 13.6 Å². The molecular formula is C9H9F2NO. The molecule has 0 bridgehead atoms. The second-order valence-electron chi connectivity index (χ2n) is 2.66. The van der Waals surface area contributed by atoms with Gasteiger partial charge in [0, 0.05) is 12.5 Å². The second kappa shape index (κ2) is 4.09. The quantitative estimate of drug-likeness (QED) is 0.764. The molecule has 1 rings (SSSR count). The highest BCUT2D eigenvalue weighted by molar-refractivity contribution is 5.82. The van der Waals surface area contributed by atoms with Crippen LogP contribution in [0.4, 0.5) is 8.78 Å². The summed E-state index contributed by atoms with van der Waals surface area (Å²) in [5.41, 5.74) is 5.23. The number of carbonyl (C=O) groups excluding carboxylic acids is 1. The van der Waals surface area contributed by atoms with E-state index in [1.165, 1.54) is 6.07 Å². The normalized spacial score (nSPS) is 10.1. The van der Waals surface area contributed by atoms with Crippen LogP contribution in [0.3, 0.4) is 0 Å². The molecule has 2 N–H and O–H groups in total. The molecule has 1 aromatic rings. The molecule has 1 aromatic carbocycles. The van der Waals surface area contributed by atoms with Crippen LogP contribution in [-0.2, 0) is 11.2 Å². The number of ketones is 1.